The number of likely N-dealkylation sites (tertiary alicyclic amines) is 1. The fraction of sp³-hybridized carbons (Fsp3) is 0.519. The van der Waals surface area contributed by atoms with E-state index < -0.39 is 0 Å². The standard InChI is InChI=1S/C27H36N4O2/c1-19-24(6-5-13-28-19)31-17-22(18-31)26(33)29-23-9-7-20(8-10-23)21-11-14-30(15-12-21)25(32)16-27(2,3)4/h5-10,13,21-22H,11-12,14-18H2,1-4H3,(H,29,33). The first-order valence-corrected chi connectivity index (χ1v) is 12.0. The molecule has 2 aromatic rings. The molecular formula is C27H36N4O2. The summed E-state index contributed by atoms with van der Waals surface area (Å²) in [7, 11) is 0. The second-order valence-electron chi connectivity index (χ2n) is 10.7. The van der Waals surface area contributed by atoms with Crippen LogP contribution in [0.1, 0.15) is 57.2 Å². The molecule has 6 heteroatoms. The van der Waals surface area contributed by atoms with Crippen molar-refractivity contribution in [3.8, 4) is 0 Å². The molecule has 2 aliphatic heterocycles. The van der Waals surface area contributed by atoms with Gasteiger partial charge in [0.25, 0.3) is 0 Å². The molecule has 0 bridgehead atoms. The number of nitrogens with one attached hydrogen (secondary N) is 1. The number of rotatable bonds is 5. The minimum absolute atomic E-state index is 0.000699. The summed E-state index contributed by atoms with van der Waals surface area (Å²) < 4.78 is 0. The number of benzene rings is 1. The van der Waals surface area contributed by atoms with Crippen molar-refractivity contribution in [2.75, 3.05) is 36.4 Å². The number of aromatic nitrogens is 1. The van der Waals surface area contributed by atoms with Gasteiger partial charge in [-0.05, 0) is 60.9 Å². The Kier molecular flexibility index (Phi) is 6.73. The lowest BCUT2D eigenvalue weighted by Crippen LogP contribution is -2.52. The monoisotopic (exact) mass is 448 g/mol. The van der Waals surface area contributed by atoms with Crippen LogP contribution in [0.2, 0.25) is 0 Å². The van der Waals surface area contributed by atoms with Gasteiger partial charge >= 0.3 is 0 Å². The van der Waals surface area contributed by atoms with Crippen molar-refractivity contribution in [2.45, 2.75) is 52.9 Å². The van der Waals surface area contributed by atoms with E-state index in [1.54, 1.807) is 6.20 Å². The minimum Gasteiger partial charge on any atom is -0.368 e. The Labute approximate surface area is 197 Å². The van der Waals surface area contributed by atoms with E-state index in [1.807, 2.05) is 30.0 Å². The molecule has 1 N–H and O–H groups in total. The average Bonchev–Trinajstić information content (AvgIpc) is 2.73. The maximum atomic E-state index is 12.7. The first kappa shape index (κ1) is 23.3. The summed E-state index contributed by atoms with van der Waals surface area (Å²) in [4.78, 5) is 33.7. The van der Waals surface area contributed by atoms with Crippen LogP contribution in [0.3, 0.4) is 0 Å². The summed E-state index contributed by atoms with van der Waals surface area (Å²) in [5, 5.41) is 3.07. The predicted octanol–water partition coefficient (Wildman–Crippen LogP) is 4.61. The van der Waals surface area contributed by atoms with Gasteiger partial charge < -0.3 is 15.1 Å². The molecule has 0 aliphatic carbocycles. The largest absolute Gasteiger partial charge is 0.368 e. The van der Waals surface area contributed by atoms with Gasteiger partial charge in [-0.25, -0.2) is 0 Å². The number of pyridine rings is 1. The maximum absolute atomic E-state index is 12.7. The van der Waals surface area contributed by atoms with Crippen molar-refractivity contribution in [2.24, 2.45) is 11.3 Å². The number of hydrogen-bond acceptors (Lipinski definition) is 4. The summed E-state index contributed by atoms with van der Waals surface area (Å²) in [6, 6.07) is 12.3. The molecule has 0 saturated carbocycles. The Morgan fingerprint density at radius 1 is 1.06 bits per heavy atom. The minimum atomic E-state index is -0.000699. The van der Waals surface area contributed by atoms with Crippen LogP contribution in [0, 0.1) is 18.3 Å². The molecule has 0 spiro atoms. The SMILES string of the molecule is Cc1ncccc1N1CC(C(=O)Nc2ccc(C3CCN(C(=O)CC(C)(C)C)CC3)cc2)C1. The Bertz CT molecular complexity index is 982. The van der Waals surface area contributed by atoms with E-state index in [4.69, 9.17) is 0 Å². The Morgan fingerprint density at radius 3 is 2.33 bits per heavy atom. The summed E-state index contributed by atoms with van der Waals surface area (Å²) >= 11 is 0. The molecular weight excluding hydrogens is 412 g/mol. The van der Waals surface area contributed by atoms with Crippen molar-refractivity contribution in [1.82, 2.24) is 9.88 Å². The molecule has 6 nitrogen and oxygen atoms in total. The number of carbonyl (C=O) groups is 2. The molecule has 0 radical (unpaired) electrons. The maximum Gasteiger partial charge on any atom is 0.231 e. The zero-order valence-corrected chi connectivity index (χ0v) is 20.3. The first-order chi connectivity index (χ1) is 15.7. The molecule has 176 valence electrons. The molecule has 2 aliphatic rings. The molecule has 33 heavy (non-hydrogen) atoms. The van der Waals surface area contributed by atoms with Crippen LogP contribution in [0.5, 0.6) is 0 Å². The van der Waals surface area contributed by atoms with Crippen LogP contribution in [0.4, 0.5) is 11.4 Å². The molecule has 3 heterocycles. The normalized spacial score (nSPS) is 17.6. The molecule has 4 rings (SSSR count). The lowest BCUT2D eigenvalue weighted by molar-refractivity contribution is -0.134. The summed E-state index contributed by atoms with van der Waals surface area (Å²) in [6.45, 7) is 11.4. The molecule has 2 fully saturated rings. The van der Waals surface area contributed by atoms with Gasteiger partial charge in [-0.1, -0.05) is 32.9 Å². The van der Waals surface area contributed by atoms with Gasteiger partial charge in [0.15, 0.2) is 0 Å². The Hall–Kier alpha value is -2.89. The number of hydrogen-bond donors (Lipinski definition) is 1. The quantitative estimate of drug-likeness (QED) is 0.726. The molecule has 0 atom stereocenters. The number of amides is 2. The van der Waals surface area contributed by atoms with Gasteiger partial charge in [0.2, 0.25) is 11.8 Å². The highest BCUT2D eigenvalue weighted by molar-refractivity contribution is 5.94. The third-order valence-corrected chi connectivity index (χ3v) is 6.75. The molecule has 0 unspecified atom stereocenters. The lowest BCUT2D eigenvalue weighted by Gasteiger charge is -2.40. The number of piperidine rings is 1. The molecule has 1 aromatic heterocycles. The molecule has 2 amide bonds. The second-order valence-corrected chi connectivity index (χ2v) is 10.7. The summed E-state index contributed by atoms with van der Waals surface area (Å²) in [5.41, 5.74) is 4.27. The number of carbonyl (C=O) groups excluding carboxylic acids is 2. The van der Waals surface area contributed by atoms with E-state index in [1.165, 1.54) is 5.56 Å². The van der Waals surface area contributed by atoms with E-state index in [0.29, 0.717) is 12.3 Å². The van der Waals surface area contributed by atoms with Crippen molar-refractivity contribution in [3.05, 3.63) is 53.9 Å². The highest BCUT2D eigenvalue weighted by Crippen LogP contribution is 2.31. The lowest BCUT2D eigenvalue weighted by atomic mass is 9.87. The van der Waals surface area contributed by atoms with Crippen LogP contribution >= 0.6 is 0 Å². The van der Waals surface area contributed by atoms with Gasteiger partial charge in [-0.2, -0.15) is 0 Å². The van der Waals surface area contributed by atoms with Crippen molar-refractivity contribution in [3.63, 3.8) is 0 Å². The van der Waals surface area contributed by atoms with Crippen molar-refractivity contribution in [1.29, 1.82) is 0 Å². The fourth-order valence-corrected chi connectivity index (χ4v) is 4.76. The third-order valence-electron chi connectivity index (χ3n) is 6.75. The summed E-state index contributed by atoms with van der Waals surface area (Å²) in [5.74, 6) is 0.814. The van der Waals surface area contributed by atoms with Gasteiger partial charge in [0, 0.05) is 44.5 Å². The topological polar surface area (TPSA) is 65.5 Å². The number of nitrogens with zero attached hydrogens (tertiary/aromatic N) is 3. The van der Waals surface area contributed by atoms with Gasteiger partial charge in [0.05, 0.1) is 17.3 Å². The highest BCUT2D eigenvalue weighted by Gasteiger charge is 2.33. The average molecular weight is 449 g/mol. The van der Waals surface area contributed by atoms with E-state index in [9.17, 15) is 9.59 Å². The van der Waals surface area contributed by atoms with Crippen molar-refractivity contribution >= 4 is 23.2 Å². The molecule has 2 saturated heterocycles. The van der Waals surface area contributed by atoms with Crippen molar-refractivity contribution < 1.29 is 9.59 Å². The predicted molar refractivity (Wildman–Crippen MR) is 132 cm³/mol. The second kappa shape index (κ2) is 9.54. The van der Waals surface area contributed by atoms with Crippen LogP contribution in [-0.4, -0.2) is 47.9 Å². The van der Waals surface area contributed by atoms with Crippen LogP contribution < -0.4 is 10.2 Å². The van der Waals surface area contributed by atoms with Crippen LogP contribution in [-0.2, 0) is 9.59 Å². The van der Waals surface area contributed by atoms with Gasteiger partial charge in [0.1, 0.15) is 0 Å². The first-order valence-electron chi connectivity index (χ1n) is 12.0. The number of aryl methyl sites for hydroxylation is 1. The van der Waals surface area contributed by atoms with Crippen LogP contribution in [0.15, 0.2) is 42.6 Å². The third kappa shape index (κ3) is 5.73. The van der Waals surface area contributed by atoms with E-state index >= 15 is 0 Å². The zero-order valence-electron chi connectivity index (χ0n) is 20.3. The Morgan fingerprint density at radius 2 is 1.73 bits per heavy atom. The van der Waals surface area contributed by atoms with Crippen LogP contribution in [0.25, 0.3) is 0 Å². The Balaban J connectivity index is 1.24. The summed E-state index contributed by atoms with van der Waals surface area (Å²) in [6.07, 6.45) is 4.38. The van der Waals surface area contributed by atoms with E-state index in [2.05, 4.69) is 54.2 Å². The highest BCUT2D eigenvalue weighted by atomic mass is 16.2. The van der Waals surface area contributed by atoms with E-state index in [-0.39, 0.29) is 23.1 Å². The van der Waals surface area contributed by atoms with Gasteiger partial charge in [-0.3, -0.25) is 14.6 Å². The fourth-order valence-electron chi connectivity index (χ4n) is 4.76. The van der Waals surface area contributed by atoms with Gasteiger partial charge in [-0.15, -0.1) is 0 Å². The van der Waals surface area contributed by atoms with E-state index in [0.717, 1.165) is 56.1 Å². The molecule has 1 aromatic carbocycles. The smallest absolute Gasteiger partial charge is 0.231 e. The zero-order chi connectivity index (χ0) is 23.6. The number of anilines is 2.